The lowest BCUT2D eigenvalue weighted by Gasteiger charge is -2.28. The van der Waals surface area contributed by atoms with E-state index in [1.54, 1.807) is 32.2 Å². The van der Waals surface area contributed by atoms with Gasteiger partial charge in [-0.25, -0.2) is 0 Å². The topological polar surface area (TPSA) is 66.6 Å². The first-order valence-corrected chi connectivity index (χ1v) is 5.24. The van der Waals surface area contributed by atoms with Gasteiger partial charge in [-0.3, -0.25) is 4.79 Å². The van der Waals surface area contributed by atoms with Crippen molar-refractivity contribution >= 4 is 11.6 Å². The lowest BCUT2D eigenvalue weighted by molar-refractivity contribution is -0.122. The van der Waals surface area contributed by atoms with Crippen LogP contribution in [0, 0.1) is 0 Å². The largest absolute Gasteiger partial charge is 0.508 e. The zero-order chi connectivity index (χ0) is 12.3. The number of phenols is 1. The minimum absolute atomic E-state index is 0.132. The molecule has 0 aliphatic rings. The van der Waals surface area contributed by atoms with Crippen molar-refractivity contribution < 1.29 is 9.90 Å². The lowest BCUT2D eigenvalue weighted by atomic mass is 9.98. The van der Waals surface area contributed by atoms with Gasteiger partial charge in [-0.2, -0.15) is 0 Å². The second-order valence-electron chi connectivity index (χ2n) is 4.16. The van der Waals surface area contributed by atoms with Crippen LogP contribution in [-0.4, -0.2) is 23.6 Å². The van der Waals surface area contributed by atoms with Gasteiger partial charge in [0.15, 0.2) is 0 Å². The number of benzene rings is 1. The highest BCUT2D eigenvalue weighted by atomic mass is 16.3. The maximum atomic E-state index is 12.0. The smallest absolute Gasteiger partial charge is 0.246 e. The van der Waals surface area contributed by atoms with Crippen LogP contribution in [0.3, 0.4) is 0 Å². The summed E-state index contributed by atoms with van der Waals surface area (Å²) in [6.07, 6.45) is 0.564. The second kappa shape index (κ2) is 4.53. The Labute approximate surface area is 95.7 Å². The van der Waals surface area contributed by atoms with Crippen LogP contribution in [0.4, 0.5) is 5.69 Å². The van der Waals surface area contributed by atoms with E-state index < -0.39 is 5.54 Å². The first kappa shape index (κ1) is 12.5. The monoisotopic (exact) mass is 222 g/mol. The van der Waals surface area contributed by atoms with E-state index in [-0.39, 0.29) is 11.7 Å². The van der Waals surface area contributed by atoms with Crippen molar-refractivity contribution in [1.29, 1.82) is 0 Å². The van der Waals surface area contributed by atoms with Crippen LogP contribution in [-0.2, 0) is 4.79 Å². The fraction of sp³-hybridized carbons (Fsp3) is 0.417. The van der Waals surface area contributed by atoms with Crippen LogP contribution < -0.4 is 10.6 Å². The quantitative estimate of drug-likeness (QED) is 0.814. The zero-order valence-electron chi connectivity index (χ0n) is 9.90. The maximum absolute atomic E-state index is 12.0. The van der Waals surface area contributed by atoms with Crippen molar-refractivity contribution in [3.63, 3.8) is 0 Å². The van der Waals surface area contributed by atoms with E-state index in [1.165, 1.54) is 11.0 Å². The maximum Gasteiger partial charge on any atom is 0.246 e. The van der Waals surface area contributed by atoms with Gasteiger partial charge in [-0.1, -0.05) is 13.0 Å². The molecule has 4 nitrogen and oxygen atoms in total. The minimum Gasteiger partial charge on any atom is -0.508 e. The Morgan fingerprint density at radius 3 is 2.69 bits per heavy atom. The van der Waals surface area contributed by atoms with Crippen LogP contribution in [0.15, 0.2) is 24.3 Å². The van der Waals surface area contributed by atoms with Crippen molar-refractivity contribution in [2.75, 3.05) is 11.9 Å². The fourth-order valence-electron chi connectivity index (χ4n) is 1.35. The summed E-state index contributed by atoms with van der Waals surface area (Å²) in [5.74, 6) is -0.0343. The average Bonchev–Trinajstić information content (AvgIpc) is 2.27. The number of rotatable bonds is 3. The first-order valence-electron chi connectivity index (χ1n) is 5.24. The van der Waals surface area contributed by atoms with Gasteiger partial charge in [0.2, 0.25) is 5.91 Å². The summed E-state index contributed by atoms with van der Waals surface area (Å²) >= 11 is 0. The number of carbonyl (C=O) groups is 1. The molecule has 0 aromatic heterocycles. The Hall–Kier alpha value is -1.55. The molecule has 88 valence electrons. The number of phenolic OH excluding ortho intramolecular Hbond substituents is 1. The van der Waals surface area contributed by atoms with E-state index in [0.29, 0.717) is 12.1 Å². The van der Waals surface area contributed by atoms with Gasteiger partial charge < -0.3 is 15.7 Å². The van der Waals surface area contributed by atoms with Crippen LogP contribution in [0.2, 0.25) is 0 Å². The Morgan fingerprint density at radius 2 is 2.19 bits per heavy atom. The highest BCUT2D eigenvalue weighted by Gasteiger charge is 2.29. The third-order valence-corrected chi connectivity index (χ3v) is 2.74. The molecule has 16 heavy (non-hydrogen) atoms. The summed E-state index contributed by atoms with van der Waals surface area (Å²) in [7, 11) is 1.65. The number of amides is 1. The van der Waals surface area contributed by atoms with Crippen LogP contribution in [0.5, 0.6) is 5.75 Å². The molecule has 1 unspecified atom stereocenters. The zero-order valence-corrected chi connectivity index (χ0v) is 9.90. The molecule has 0 bridgehead atoms. The molecule has 3 N–H and O–H groups in total. The van der Waals surface area contributed by atoms with E-state index in [0.717, 1.165) is 0 Å². The van der Waals surface area contributed by atoms with Gasteiger partial charge in [-0.05, 0) is 25.5 Å². The average molecular weight is 222 g/mol. The number of carbonyl (C=O) groups excluding carboxylic acids is 1. The van der Waals surface area contributed by atoms with Gasteiger partial charge in [0.1, 0.15) is 5.75 Å². The van der Waals surface area contributed by atoms with E-state index in [9.17, 15) is 9.90 Å². The number of nitrogens with zero attached hydrogens (tertiary/aromatic N) is 1. The summed E-state index contributed by atoms with van der Waals surface area (Å²) < 4.78 is 0. The molecule has 0 heterocycles. The van der Waals surface area contributed by atoms with E-state index in [1.807, 2.05) is 6.92 Å². The van der Waals surface area contributed by atoms with Crippen LogP contribution in [0.25, 0.3) is 0 Å². The number of likely N-dealkylation sites (N-methyl/N-ethyl adjacent to an activating group) is 1. The van der Waals surface area contributed by atoms with Crippen LogP contribution >= 0.6 is 0 Å². The van der Waals surface area contributed by atoms with Crippen molar-refractivity contribution in [2.45, 2.75) is 25.8 Å². The highest BCUT2D eigenvalue weighted by molar-refractivity contribution is 5.99. The number of anilines is 1. The van der Waals surface area contributed by atoms with Crippen molar-refractivity contribution in [3.8, 4) is 5.75 Å². The molecule has 0 aliphatic heterocycles. The van der Waals surface area contributed by atoms with E-state index in [2.05, 4.69) is 0 Å². The molecule has 0 aliphatic carbocycles. The summed E-state index contributed by atoms with van der Waals surface area (Å²) in [6, 6.07) is 6.53. The standard InChI is InChI=1S/C12H18N2O2/c1-4-12(2,13)11(16)14(3)9-6-5-7-10(15)8-9/h5-8,15H,4,13H2,1-3H3. The SMILES string of the molecule is CCC(C)(N)C(=O)N(C)c1cccc(O)c1. The molecule has 0 fully saturated rings. The number of nitrogens with two attached hydrogens (primary N) is 1. The molecule has 1 atom stereocenters. The predicted molar refractivity (Wildman–Crippen MR) is 64.4 cm³/mol. The summed E-state index contributed by atoms with van der Waals surface area (Å²) in [6.45, 7) is 3.57. The molecule has 0 saturated heterocycles. The van der Waals surface area contributed by atoms with Gasteiger partial charge >= 0.3 is 0 Å². The van der Waals surface area contributed by atoms with E-state index in [4.69, 9.17) is 5.73 Å². The normalized spacial score (nSPS) is 14.2. The van der Waals surface area contributed by atoms with Crippen molar-refractivity contribution in [2.24, 2.45) is 5.73 Å². The van der Waals surface area contributed by atoms with Gasteiger partial charge in [0, 0.05) is 18.8 Å². The summed E-state index contributed by atoms with van der Waals surface area (Å²) in [4.78, 5) is 13.5. The molecule has 4 heteroatoms. The first-order chi connectivity index (χ1) is 7.38. The van der Waals surface area contributed by atoms with Crippen LogP contribution in [0.1, 0.15) is 20.3 Å². The third-order valence-electron chi connectivity index (χ3n) is 2.74. The van der Waals surface area contributed by atoms with Gasteiger partial charge in [0.05, 0.1) is 5.54 Å². The molecule has 0 saturated carbocycles. The van der Waals surface area contributed by atoms with Crippen molar-refractivity contribution in [1.82, 2.24) is 0 Å². The number of aromatic hydroxyl groups is 1. The molecular formula is C12H18N2O2. The Morgan fingerprint density at radius 1 is 1.56 bits per heavy atom. The summed E-state index contributed by atoms with van der Waals surface area (Å²) in [5, 5.41) is 9.33. The minimum atomic E-state index is -0.875. The van der Waals surface area contributed by atoms with Crippen molar-refractivity contribution in [3.05, 3.63) is 24.3 Å². The summed E-state index contributed by atoms with van der Waals surface area (Å²) in [5.41, 5.74) is 5.64. The lowest BCUT2D eigenvalue weighted by Crippen LogP contribution is -2.51. The number of hydrogen-bond acceptors (Lipinski definition) is 3. The Balaban J connectivity index is 2.95. The molecule has 0 radical (unpaired) electrons. The highest BCUT2D eigenvalue weighted by Crippen LogP contribution is 2.21. The predicted octanol–water partition coefficient (Wildman–Crippen LogP) is 1.48. The molecule has 1 amide bonds. The van der Waals surface area contributed by atoms with Gasteiger partial charge in [-0.15, -0.1) is 0 Å². The third kappa shape index (κ3) is 2.52. The number of hydrogen-bond donors (Lipinski definition) is 2. The Bertz CT molecular complexity index is 388. The van der Waals surface area contributed by atoms with Gasteiger partial charge in [0.25, 0.3) is 0 Å². The molecule has 1 aromatic rings. The molecule has 0 spiro atoms. The molecular weight excluding hydrogens is 204 g/mol. The fourth-order valence-corrected chi connectivity index (χ4v) is 1.35. The van der Waals surface area contributed by atoms with E-state index >= 15 is 0 Å². The molecule has 1 aromatic carbocycles. The second-order valence-corrected chi connectivity index (χ2v) is 4.16. The Kier molecular flexibility index (Phi) is 3.55. The molecule has 1 rings (SSSR count).